The van der Waals surface area contributed by atoms with Crippen LogP contribution in [-0.2, 0) is 5.41 Å². The van der Waals surface area contributed by atoms with E-state index < -0.39 is 0 Å². The summed E-state index contributed by atoms with van der Waals surface area (Å²) >= 11 is 5.81. The molecule has 0 aromatic carbocycles. The maximum absolute atomic E-state index is 6.02. The number of rotatable bonds is 0. The van der Waals surface area contributed by atoms with E-state index in [0.29, 0.717) is 5.15 Å². The van der Waals surface area contributed by atoms with Gasteiger partial charge in [0.2, 0.25) is 0 Å². The molecule has 74 valence electrons. The van der Waals surface area contributed by atoms with Gasteiger partial charge in [0.15, 0.2) is 0 Å². The van der Waals surface area contributed by atoms with E-state index in [1.807, 2.05) is 6.07 Å². The molecule has 0 atom stereocenters. The van der Waals surface area contributed by atoms with Crippen LogP contribution in [0, 0.1) is 0 Å². The molecule has 0 N–H and O–H groups in total. The van der Waals surface area contributed by atoms with Crippen molar-refractivity contribution in [1.82, 2.24) is 4.98 Å². The van der Waals surface area contributed by atoms with Gasteiger partial charge in [-0.05, 0) is 0 Å². The second-order valence-corrected chi connectivity index (χ2v) is 7.32. The Kier molecular flexibility index (Phi) is 2.64. The van der Waals surface area contributed by atoms with Gasteiger partial charge in [0.05, 0.1) is 0 Å². The molecule has 0 bridgehead atoms. The third-order valence-corrected chi connectivity index (χ3v) is 4.71. The summed E-state index contributed by atoms with van der Waals surface area (Å²) in [5, 5.41) is 1.96. The number of pyridine rings is 1. The van der Waals surface area contributed by atoms with E-state index in [1.54, 1.807) is 0 Å². The van der Waals surface area contributed by atoms with Gasteiger partial charge in [-0.3, -0.25) is 0 Å². The van der Waals surface area contributed by atoms with Crippen LogP contribution < -0.4 is 0 Å². The maximum atomic E-state index is 6.02. The molecule has 0 aliphatic carbocycles. The van der Waals surface area contributed by atoms with Crippen molar-refractivity contribution < 1.29 is 0 Å². The summed E-state index contributed by atoms with van der Waals surface area (Å²) in [5.74, 6) is 0. The van der Waals surface area contributed by atoms with Gasteiger partial charge < -0.3 is 0 Å². The molecule has 2 heterocycles. The molecule has 0 saturated heterocycles. The number of nitrogens with zero attached hydrogens (tertiary/aromatic N) is 1. The Labute approximate surface area is 98.7 Å². The van der Waals surface area contributed by atoms with Gasteiger partial charge in [-0.25, -0.2) is 0 Å². The molecule has 0 saturated carbocycles. The first kappa shape index (κ1) is 10.5. The second-order valence-electron chi connectivity index (χ2n) is 4.38. The Hall–Kier alpha value is -0.0304. The van der Waals surface area contributed by atoms with E-state index in [1.165, 1.54) is 14.5 Å². The zero-order chi connectivity index (χ0) is 10.3. The van der Waals surface area contributed by atoms with E-state index in [0.717, 1.165) is 0 Å². The molecule has 0 radical (unpaired) electrons. The van der Waals surface area contributed by atoms with Gasteiger partial charge in [0.1, 0.15) is 0 Å². The van der Waals surface area contributed by atoms with Crippen molar-refractivity contribution in [2.45, 2.75) is 26.2 Å². The number of halogens is 1. The Bertz CT molecular complexity index is 468. The zero-order valence-electron chi connectivity index (χ0n) is 8.47. The van der Waals surface area contributed by atoms with Gasteiger partial charge in [-0.2, -0.15) is 0 Å². The van der Waals surface area contributed by atoms with E-state index in [2.05, 4.69) is 35.9 Å². The van der Waals surface area contributed by atoms with Crippen molar-refractivity contribution in [3.05, 3.63) is 26.9 Å². The molecule has 2 aromatic heterocycles. The molecule has 0 spiro atoms. The van der Waals surface area contributed by atoms with Crippen molar-refractivity contribution in [2.75, 3.05) is 0 Å². The van der Waals surface area contributed by atoms with Crippen LogP contribution in [0.25, 0.3) is 8.92 Å². The topological polar surface area (TPSA) is 12.9 Å². The van der Waals surface area contributed by atoms with Gasteiger partial charge in [0, 0.05) is 0 Å². The van der Waals surface area contributed by atoms with E-state index in [4.69, 9.17) is 11.6 Å². The minimum absolute atomic E-state index is 0.151. The third-order valence-electron chi connectivity index (χ3n) is 2.21. The molecular weight excluding hydrogens is 309 g/mol. The molecule has 14 heavy (non-hydrogen) atoms. The number of aromatic nitrogens is 1. The summed E-state index contributed by atoms with van der Waals surface area (Å²) in [4.78, 5) is 4.39. The van der Waals surface area contributed by atoms with Crippen LogP contribution in [0.1, 0.15) is 26.3 Å². The fraction of sp³-hybridized carbons (Fsp3) is 0.364. The van der Waals surface area contributed by atoms with Crippen LogP contribution in [0.2, 0.25) is 5.15 Å². The molecule has 3 heteroatoms. The fourth-order valence-corrected chi connectivity index (χ4v) is 4.14. The Morgan fingerprint density at radius 3 is 2.71 bits per heavy atom. The van der Waals surface area contributed by atoms with Crippen molar-refractivity contribution in [3.8, 4) is 0 Å². The van der Waals surface area contributed by atoms with Crippen LogP contribution >= 0.6 is 11.6 Å². The molecule has 0 fully saturated rings. The van der Waals surface area contributed by atoms with E-state index >= 15 is 0 Å². The van der Waals surface area contributed by atoms with Crippen molar-refractivity contribution in [1.29, 1.82) is 0 Å². The molecule has 2 aromatic rings. The van der Waals surface area contributed by atoms with Gasteiger partial charge in [-0.1, -0.05) is 0 Å². The van der Waals surface area contributed by atoms with Crippen LogP contribution in [0.4, 0.5) is 0 Å². The summed E-state index contributed by atoms with van der Waals surface area (Å²) < 4.78 is 3.52. The summed E-state index contributed by atoms with van der Waals surface area (Å²) in [7, 11) is 0. The number of hydrogen-bond acceptors (Lipinski definition) is 1. The molecule has 0 amide bonds. The second kappa shape index (κ2) is 3.52. The van der Waals surface area contributed by atoms with Crippen LogP contribution in [0.15, 0.2) is 16.2 Å². The SMILES string of the molecule is CC(C)(C)c1cc(Cl)nc2[te]ccc12. The van der Waals surface area contributed by atoms with Gasteiger partial charge >= 0.3 is 99.1 Å². The fourth-order valence-electron chi connectivity index (χ4n) is 1.54. The van der Waals surface area contributed by atoms with Crippen LogP contribution in [-0.4, -0.2) is 25.4 Å². The van der Waals surface area contributed by atoms with E-state index in [-0.39, 0.29) is 25.8 Å². The number of fused-ring (bicyclic) bond motifs is 1. The average Bonchev–Trinajstić information content (AvgIpc) is 2.47. The Balaban J connectivity index is 2.80. The molecule has 0 unspecified atom stereocenters. The summed E-state index contributed by atoms with van der Waals surface area (Å²) in [5.41, 5.74) is 1.48. The zero-order valence-corrected chi connectivity index (χ0v) is 11.6. The van der Waals surface area contributed by atoms with Crippen LogP contribution in [0.3, 0.4) is 0 Å². The van der Waals surface area contributed by atoms with Crippen molar-refractivity contribution in [3.63, 3.8) is 0 Å². The first-order valence-electron chi connectivity index (χ1n) is 4.53. The van der Waals surface area contributed by atoms with Gasteiger partial charge in [0.25, 0.3) is 0 Å². The molecule has 0 aliphatic rings. The Morgan fingerprint density at radius 2 is 2.07 bits per heavy atom. The molecular formula is C11H12ClNTe. The third kappa shape index (κ3) is 1.84. The molecule has 2 rings (SSSR count). The standard InChI is InChI=1S/C11H12ClNTe/c1-11(2,3)8-6-9(12)13-10-7(8)4-5-14-10/h4-6H,1-3H3. The predicted molar refractivity (Wildman–Crippen MR) is 62.4 cm³/mol. The minimum atomic E-state index is -0.208. The predicted octanol–water partition coefficient (Wildman–Crippen LogP) is 3.24. The number of hydrogen-bond donors (Lipinski definition) is 0. The van der Waals surface area contributed by atoms with Crippen molar-refractivity contribution in [2.24, 2.45) is 0 Å². The molecule has 1 nitrogen and oxygen atoms in total. The van der Waals surface area contributed by atoms with Crippen LogP contribution in [0.5, 0.6) is 0 Å². The summed E-state index contributed by atoms with van der Waals surface area (Å²) in [6.07, 6.45) is 0. The normalized spacial score (nSPS) is 12.3. The Morgan fingerprint density at radius 1 is 1.36 bits per heavy atom. The quantitative estimate of drug-likeness (QED) is 0.536. The summed E-state index contributed by atoms with van der Waals surface area (Å²) in [6, 6.07) is 4.21. The van der Waals surface area contributed by atoms with Gasteiger partial charge in [-0.15, -0.1) is 0 Å². The monoisotopic (exact) mass is 323 g/mol. The first-order chi connectivity index (χ1) is 6.48. The average molecular weight is 321 g/mol. The van der Waals surface area contributed by atoms with E-state index in [9.17, 15) is 0 Å². The first-order valence-corrected chi connectivity index (χ1v) is 7.41. The summed E-state index contributed by atoms with van der Waals surface area (Å²) in [6.45, 7) is 6.64. The molecule has 0 aliphatic heterocycles. The van der Waals surface area contributed by atoms with Crippen molar-refractivity contribution >= 4 is 41.0 Å².